The van der Waals surface area contributed by atoms with E-state index in [1.165, 1.54) is 0 Å². The van der Waals surface area contributed by atoms with Gasteiger partial charge >= 0.3 is 11.9 Å². The van der Waals surface area contributed by atoms with Crippen LogP contribution >= 0.6 is 0 Å². The third-order valence-corrected chi connectivity index (χ3v) is 2.93. The second-order valence-corrected chi connectivity index (χ2v) is 4.55. The van der Waals surface area contributed by atoms with E-state index in [4.69, 9.17) is 14.6 Å². The van der Waals surface area contributed by atoms with E-state index in [1.54, 1.807) is 18.2 Å². The molecule has 0 aromatic heterocycles. The number of para-hydroxylation sites is 1. The van der Waals surface area contributed by atoms with Crippen molar-refractivity contribution in [3.05, 3.63) is 54.1 Å². The average Bonchev–Trinajstić information content (AvgIpc) is 2.47. The largest absolute Gasteiger partial charge is 0.481 e. The smallest absolute Gasteiger partial charge is 0.322 e. The zero-order valence-electron chi connectivity index (χ0n) is 12.1. The molecule has 0 aliphatic heterocycles. The Morgan fingerprint density at radius 3 is 2.32 bits per heavy atom. The normalized spacial score (nSPS) is 10.0. The standard InChI is InChI=1S/C17H16O5/c1-2-13-14(21-12-7-4-3-5-8-12)9-6-10-15(13)22-17(20)11-16(18)19/h3-10H,2,11H2,1H3,(H,18,19). The Hall–Kier alpha value is -2.82. The Kier molecular flexibility index (Phi) is 5.14. The molecule has 0 amide bonds. The van der Waals surface area contributed by atoms with Crippen molar-refractivity contribution in [1.82, 2.24) is 0 Å². The van der Waals surface area contributed by atoms with Crippen LogP contribution in [0.2, 0.25) is 0 Å². The van der Waals surface area contributed by atoms with Crippen LogP contribution in [0.4, 0.5) is 0 Å². The van der Waals surface area contributed by atoms with E-state index in [-0.39, 0.29) is 0 Å². The molecule has 0 heterocycles. The second kappa shape index (κ2) is 7.26. The maximum Gasteiger partial charge on any atom is 0.322 e. The van der Waals surface area contributed by atoms with Crippen molar-refractivity contribution in [2.24, 2.45) is 0 Å². The van der Waals surface area contributed by atoms with Crippen molar-refractivity contribution < 1.29 is 24.2 Å². The van der Waals surface area contributed by atoms with Crippen LogP contribution < -0.4 is 9.47 Å². The summed E-state index contributed by atoms with van der Waals surface area (Å²) in [7, 11) is 0. The summed E-state index contributed by atoms with van der Waals surface area (Å²) >= 11 is 0. The molecule has 0 atom stereocenters. The maximum absolute atomic E-state index is 11.5. The van der Waals surface area contributed by atoms with Crippen LogP contribution in [0, 0.1) is 0 Å². The van der Waals surface area contributed by atoms with Crippen LogP contribution in [-0.4, -0.2) is 17.0 Å². The molecule has 0 spiro atoms. The Morgan fingerprint density at radius 1 is 1.00 bits per heavy atom. The van der Waals surface area contributed by atoms with Gasteiger partial charge in [0.2, 0.25) is 0 Å². The zero-order chi connectivity index (χ0) is 15.9. The molecule has 2 rings (SSSR count). The van der Waals surface area contributed by atoms with Gasteiger partial charge in [0, 0.05) is 5.56 Å². The molecule has 0 bridgehead atoms. The zero-order valence-corrected chi connectivity index (χ0v) is 12.1. The van der Waals surface area contributed by atoms with Gasteiger partial charge in [-0.05, 0) is 30.7 Å². The summed E-state index contributed by atoms with van der Waals surface area (Å²) in [6, 6.07) is 14.3. The molecule has 22 heavy (non-hydrogen) atoms. The van der Waals surface area contributed by atoms with E-state index in [0.29, 0.717) is 29.2 Å². The molecule has 0 radical (unpaired) electrons. The first-order valence-electron chi connectivity index (χ1n) is 6.87. The summed E-state index contributed by atoms with van der Waals surface area (Å²) in [5.41, 5.74) is 0.713. The van der Waals surface area contributed by atoms with Crippen LogP contribution in [0.3, 0.4) is 0 Å². The van der Waals surface area contributed by atoms with E-state index in [1.807, 2.05) is 37.3 Å². The van der Waals surface area contributed by atoms with Gasteiger partial charge in [-0.3, -0.25) is 9.59 Å². The molecular formula is C17H16O5. The number of benzene rings is 2. The maximum atomic E-state index is 11.5. The molecule has 0 aliphatic carbocycles. The highest BCUT2D eigenvalue weighted by Gasteiger charge is 2.15. The summed E-state index contributed by atoms with van der Waals surface area (Å²) in [5.74, 6) is -0.457. The van der Waals surface area contributed by atoms with Gasteiger partial charge < -0.3 is 14.6 Å². The molecule has 114 valence electrons. The van der Waals surface area contributed by atoms with Crippen molar-refractivity contribution in [2.45, 2.75) is 19.8 Å². The number of carboxylic acids is 1. The molecule has 0 aliphatic rings. The van der Waals surface area contributed by atoms with Crippen LogP contribution in [0.15, 0.2) is 48.5 Å². The van der Waals surface area contributed by atoms with Crippen LogP contribution in [0.5, 0.6) is 17.2 Å². The fourth-order valence-corrected chi connectivity index (χ4v) is 1.98. The fraction of sp³-hybridized carbons (Fsp3) is 0.176. The Labute approximate surface area is 128 Å². The minimum Gasteiger partial charge on any atom is -0.481 e. The molecular weight excluding hydrogens is 284 g/mol. The topological polar surface area (TPSA) is 72.8 Å². The molecule has 5 heteroatoms. The van der Waals surface area contributed by atoms with Gasteiger partial charge in [-0.15, -0.1) is 0 Å². The molecule has 0 saturated heterocycles. The first-order valence-corrected chi connectivity index (χ1v) is 6.87. The lowest BCUT2D eigenvalue weighted by atomic mass is 10.1. The van der Waals surface area contributed by atoms with Gasteiger partial charge in [-0.25, -0.2) is 0 Å². The van der Waals surface area contributed by atoms with Gasteiger partial charge in [0.1, 0.15) is 23.7 Å². The first-order chi connectivity index (χ1) is 10.6. The van der Waals surface area contributed by atoms with Gasteiger partial charge in [0.05, 0.1) is 0 Å². The van der Waals surface area contributed by atoms with Crippen LogP contribution in [0.1, 0.15) is 18.9 Å². The van der Waals surface area contributed by atoms with Crippen LogP contribution in [-0.2, 0) is 16.0 Å². The predicted molar refractivity (Wildman–Crippen MR) is 80.2 cm³/mol. The van der Waals surface area contributed by atoms with Gasteiger partial charge in [-0.2, -0.15) is 0 Å². The molecule has 0 fully saturated rings. The number of hydrogen-bond acceptors (Lipinski definition) is 4. The summed E-state index contributed by atoms with van der Waals surface area (Å²) < 4.78 is 10.9. The lowest BCUT2D eigenvalue weighted by molar-refractivity contribution is -0.145. The number of carbonyl (C=O) groups is 2. The Morgan fingerprint density at radius 2 is 1.68 bits per heavy atom. The van der Waals surface area contributed by atoms with Gasteiger partial charge in [0.25, 0.3) is 0 Å². The van der Waals surface area contributed by atoms with E-state index in [0.717, 1.165) is 0 Å². The molecule has 0 saturated carbocycles. The third-order valence-electron chi connectivity index (χ3n) is 2.93. The molecule has 5 nitrogen and oxygen atoms in total. The number of carbonyl (C=O) groups excluding carboxylic acids is 1. The number of esters is 1. The van der Waals surface area contributed by atoms with Crippen molar-refractivity contribution in [1.29, 1.82) is 0 Å². The Bertz CT molecular complexity index is 664. The number of aliphatic carboxylic acids is 1. The molecule has 1 N–H and O–H groups in total. The quantitative estimate of drug-likeness (QED) is 0.502. The summed E-state index contributed by atoms with van der Waals surface area (Å²) in [6.45, 7) is 1.90. The van der Waals surface area contributed by atoms with Gasteiger partial charge in [-0.1, -0.05) is 31.2 Å². The molecule has 2 aromatic carbocycles. The number of hydrogen-bond donors (Lipinski definition) is 1. The fourth-order valence-electron chi connectivity index (χ4n) is 1.98. The lowest BCUT2D eigenvalue weighted by Gasteiger charge is -2.14. The van der Waals surface area contributed by atoms with Gasteiger partial charge in [0.15, 0.2) is 0 Å². The average molecular weight is 300 g/mol. The Balaban J connectivity index is 2.23. The van der Waals surface area contributed by atoms with Crippen molar-refractivity contribution in [3.63, 3.8) is 0 Å². The SMILES string of the molecule is CCc1c(OC(=O)CC(=O)O)cccc1Oc1ccccc1. The number of ether oxygens (including phenoxy) is 2. The highest BCUT2D eigenvalue weighted by molar-refractivity contribution is 5.91. The lowest BCUT2D eigenvalue weighted by Crippen LogP contribution is -2.14. The minimum atomic E-state index is -1.22. The molecule has 0 unspecified atom stereocenters. The predicted octanol–water partition coefficient (Wildman–Crippen LogP) is 3.42. The van der Waals surface area contributed by atoms with Crippen molar-refractivity contribution in [2.75, 3.05) is 0 Å². The number of carboxylic acid groups (broad SMARTS) is 1. The molecule has 2 aromatic rings. The highest BCUT2D eigenvalue weighted by Crippen LogP contribution is 2.32. The van der Waals surface area contributed by atoms with E-state index >= 15 is 0 Å². The highest BCUT2D eigenvalue weighted by atomic mass is 16.5. The van der Waals surface area contributed by atoms with Crippen molar-refractivity contribution >= 4 is 11.9 Å². The summed E-state index contributed by atoms with van der Waals surface area (Å²) in [6.07, 6.45) is -0.0917. The third kappa shape index (κ3) is 4.09. The summed E-state index contributed by atoms with van der Waals surface area (Å²) in [4.78, 5) is 22.1. The minimum absolute atomic E-state index is 0.321. The van der Waals surface area contributed by atoms with Crippen LogP contribution in [0.25, 0.3) is 0 Å². The number of rotatable bonds is 6. The van der Waals surface area contributed by atoms with E-state index < -0.39 is 18.4 Å². The first kappa shape index (κ1) is 15.6. The summed E-state index contributed by atoms with van der Waals surface area (Å²) in [5, 5.41) is 8.61. The van der Waals surface area contributed by atoms with E-state index in [2.05, 4.69) is 0 Å². The van der Waals surface area contributed by atoms with Crippen molar-refractivity contribution in [3.8, 4) is 17.2 Å². The monoisotopic (exact) mass is 300 g/mol. The van der Waals surface area contributed by atoms with E-state index in [9.17, 15) is 9.59 Å². The second-order valence-electron chi connectivity index (χ2n) is 4.55.